The molecule has 2 saturated heterocycles. The Hall–Kier alpha value is -1.09. The normalized spacial score (nSPS) is 30.3. The zero-order valence-corrected chi connectivity index (χ0v) is 12.9. The molecule has 3 heteroatoms. The van der Waals surface area contributed by atoms with Crippen molar-refractivity contribution >= 4 is 5.69 Å². The average molecular weight is 288 g/mol. The molecule has 0 radical (unpaired) electrons. The second-order valence-electron chi connectivity index (χ2n) is 7.27. The molecule has 114 valence electrons. The van der Waals surface area contributed by atoms with Gasteiger partial charge >= 0.3 is 0 Å². The van der Waals surface area contributed by atoms with Crippen LogP contribution in [0.1, 0.15) is 31.2 Å². The second-order valence-corrected chi connectivity index (χ2v) is 7.27. The van der Waals surface area contributed by atoms with E-state index in [0.29, 0.717) is 0 Å². The first-order valence-electron chi connectivity index (χ1n) is 8.46. The molecule has 21 heavy (non-hydrogen) atoms. The lowest BCUT2D eigenvalue weighted by molar-refractivity contribution is 0.231. The van der Waals surface area contributed by atoms with Gasteiger partial charge in [-0.15, -0.1) is 0 Å². The summed E-state index contributed by atoms with van der Waals surface area (Å²) in [7, 11) is 0. The molecule has 1 aromatic carbocycles. The highest BCUT2D eigenvalue weighted by atomic mass is 19.1. The van der Waals surface area contributed by atoms with Gasteiger partial charge in [-0.1, -0.05) is 18.9 Å². The van der Waals surface area contributed by atoms with Crippen molar-refractivity contribution in [1.29, 1.82) is 0 Å². The summed E-state index contributed by atoms with van der Waals surface area (Å²) in [6.07, 6.45) is 5.62. The van der Waals surface area contributed by atoms with Crippen molar-refractivity contribution < 1.29 is 4.39 Å². The molecule has 1 aliphatic carbocycles. The fourth-order valence-corrected chi connectivity index (χ4v) is 4.66. The smallest absolute Gasteiger partial charge is 0.146 e. The molecular formula is C18H25FN2. The van der Waals surface area contributed by atoms with Gasteiger partial charge < -0.3 is 4.90 Å². The number of aryl methyl sites for hydroxylation is 1. The molecule has 1 aromatic rings. The topological polar surface area (TPSA) is 6.48 Å². The quantitative estimate of drug-likeness (QED) is 0.822. The minimum absolute atomic E-state index is 0.0531. The first-order valence-corrected chi connectivity index (χ1v) is 8.46. The third kappa shape index (κ3) is 2.46. The number of likely N-dealkylation sites (tertiary alicyclic amines) is 1. The number of halogens is 1. The molecule has 3 aliphatic rings. The van der Waals surface area contributed by atoms with Crippen LogP contribution in [0, 0.1) is 24.6 Å². The summed E-state index contributed by atoms with van der Waals surface area (Å²) in [5, 5.41) is 0. The molecule has 0 aromatic heterocycles. The van der Waals surface area contributed by atoms with Gasteiger partial charge in [-0.25, -0.2) is 4.39 Å². The molecule has 2 atom stereocenters. The van der Waals surface area contributed by atoms with Crippen molar-refractivity contribution in [3.8, 4) is 0 Å². The third-order valence-electron chi connectivity index (χ3n) is 5.80. The SMILES string of the molecule is Cc1ccc(N2CC3CN(C4CCCC4)CC3C2)c(F)c1. The zero-order valence-electron chi connectivity index (χ0n) is 12.9. The molecule has 2 heterocycles. The van der Waals surface area contributed by atoms with E-state index in [2.05, 4.69) is 9.80 Å². The highest BCUT2D eigenvalue weighted by molar-refractivity contribution is 5.50. The summed E-state index contributed by atoms with van der Waals surface area (Å²) < 4.78 is 14.1. The van der Waals surface area contributed by atoms with Crippen LogP contribution in [0.4, 0.5) is 10.1 Å². The Morgan fingerprint density at radius 3 is 2.29 bits per heavy atom. The van der Waals surface area contributed by atoms with E-state index in [0.717, 1.165) is 42.2 Å². The maximum absolute atomic E-state index is 14.1. The maximum Gasteiger partial charge on any atom is 0.146 e. The van der Waals surface area contributed by atoms with E-state index in [1.54, 1.807) is 6.07 Å². The van der Waals surface area contributed by atoms with Crippen molar-refractivity contribution in [1.82, 2.24) is 4.90 Å². The van der Waals surface area contributed by atoms with Crippen LogP contribution < -0.4 is 4.90 Å². The van der Waals surface area contributed by atoms with Gasteiger partial charge in [-0.2, -0.15) is 0 Å². The minimum atomic E-state index is -0.0531. The van der Waals surface area contributed by atoms with Gasteiger partial charge in [-0.05, 0) is 49.3 Å². The molecule has 4 rings (SSSR count). The number of hydrogen-bond acceptors (Lipinski definition) is 2. The predicted molar refractivity (Wildman–Crippen MR) is 84.2 cm³/mol. The molecule has 2 unspecified atom stereocenters. The molecule has 0 amide bonds. The number of benzene rings is 1. The van der Waals surface area contributed by atoms with E-state index in [1.807, 2.05) is 19.1 Å². The fraction of sp³-hybridized carbons (Fsp3) is 0.667. The monoisotopic (exact) mass is 288 g/mol. The Morgan fingerprint density at radius 1 is 1.00 bits per heavy atom. The lowest BCUT2D eigenvalue weighted by Gasteiger charge is -2.27. The van der Waals surface area contributed by atoms with E-state index < -0.39 is 0 Å². The van der Waals surface area contributed by atoms with Gasteiger partial charge in [0.1, 0.15) is 5.82 Å². The zero-order chi connectivity index (χ0) is 14.4. The molecule has 2 aliphatic heterocycles. The summed E-state index contributed by atoms with van der Waals surface area (Å²) in [6, 6.07) is 6.49. The van der Waals surface area contributed by atoms with Gasteiger partial charge in [0, 0.05) is 32.2 Å². The van der Waals surface area contributed by atoms with Crippen LogP contribution >= 0.6 is 0 Å². The summed E-state index contributed by atoms with van der Waals surface area (Å²) in [4.78, 5) is 5.00. The average Bonchev–Trinajstić information content (AvgIpc) is 3.13. The van der Waals surface area contributed by atoms with Gasteiger partial charge in [0.2, 0.25) is 0 Å². The highest BCUT2D eigenvalue weighted by Crippen LogP contribution is 2.38. The van der Waals surface area contributed by atoms with Crippen LogP contribution in [0.15, 0.2) is 18.2 Å². The van der Waals surface area contributed by atoms with Crippen LogP contribution in [-0.4, -0.2) is 37.1 Å². The summed E-state index contributed by atoms with van der Waals surface area (Å²) in [5.74, 6) is 1.43. The maximum atomic E-state index is 14.1. The van der Waals surface area contributed by atoms with Crippen molar-refractivity contribution in [2.45, 2.75) is 38.6 Å². The van der Waals surface area contributed by atoms with Gasteiger partial charge in [0.15, 0.2) is 0 Å². The van der Waals surface area contributed by atoms with Crippen LogP contribution in [0.2, 0.25) is 0 Å². The second kappa shape index (κ2) is 5.28. The van der Waals surface area contributed by atoms with E-state index in [-0.39, 0.29) is 5.82 Å². The first kappa shape index (κ1) is 13.6. The van der Waals surface area contributed by atoms with E-state index >= 15 is 0 Å². The number of hydrogen-bond donors (Lipinski definition) is 0. The number of fused-ring (bicyclic) bond motifs is 1. The Bertz CT molecular complexity index is 510. The number of anilines is 1. The Balaban J connectivity index is 1.43. The van der Waals surface area contributed by atoms with E-state index in [9.17, 15) is 4.39 Å². The largest absolute Gasteiger partial charge is 0.368 e. The predicted octanol–water partition coefficient (Wildman–Crippen LogP) is 3.44. The minimum Gasteiger partial charge on any atom is -0.368 e. The molecule has 2 nitrogen and oxygen atoms in total. The van der Waals surface area contributed by atoms with Crippen LogP contribution in [0.5, 0.6) is 0 Å². The van der Waals surface area contributed by atoms with E-state index in [4.69, 9.17) is 0 Å². The molecule has 0 N–H and O–H groups in total. The van der Waals surface area contributed by atoms with Crippen molar-refractivity contribution in [2.24, 2.45) is 11.8 Å². The number of rotatable bonds is 2. The summed E-state index contributed by atoms with van der Waals surface area (Å²) in [6.45, 7) is 6.49. The number of nitrogens with zero attached hydrogens (tertiary/aromatic N) is 2. The molecule has 3 fully saturated rings. The Morgan fingerprint density at radius 2 is 1.67 bits per heavy atom. The van der Waals surface area contributed by atoms with Crippen molar-refractivity contribution in [3.05, 3.63) is 29.6 Å². The highest BCUT2D eigenvalue weighted by Gasteiger charge is 2.42. The Labute approximate surface area is 126 Å². The standard InChI is InChI=1S/C18H25FN2/c1-13-6-7-18(17(19)8-13)21-11-14-9-20(10-15(14)12-21)16-4-2-3-5-16/h6-8,14-16H,2-5,9-12H2,1H3. The van der Waals surface area contributed by atoms with Crippen LogP contribution in [0.25, 0.3) is 0 Å². The van der Waals surface area contributed by atoms with E-state index in [1.165, 1.54) is 38.8 Å². The third-order valence-corrected chi connectivity index (χ3v) is 5.80. The lowest BCUT2D eigenvalue weighted by Crippen LogP contribution is -2.35. The van der Waals surface area contributed by atoms with Crippen LogP contribution in [0.3, 0.4) is 0 Å². The summed E-state index contributed by atoms with van der Waals surface area (Å²) in [5.41, 5.74) is 1.81. The molecule has 0 spiro atoms. The van der Waals surface area contributed by atoms with Gasteiger partial charge in [0.05, 0.1) is 5.69 Å². The van der Waals surface area contributed by atoms with Crippen molar-refractivity contribution in [2.75, 3.05) is 31.1 Å². The van der Waals surface area contributed by atoms with Crippen LogP contribution in [-0.2, 0) is 0 Å². The first-order chi connectivity index (χ1) is 10.2. The summed E-state index contributed by atoms with van der Waals surface area (Å²) >= 11 is 0. The molecule has 1 saturated carbocycles. The Kier molecular flexibility index (Phi) is 3.41. The molecular weight excluding hydrogens is 263 g/mol. The van der Waals surface area contributed by atoms with Gasteiger partial charge in [-0.3, -0.25) is 4.90 Å². The van der Waals surface area contributed by atoms with Gasteiger partial charge in [0.25, 0.3) is 0 Å². The molecule has 0 bridgehead atoms. The van der Waals surface area contributed by atoms with Crippen molar-refractivity contribution in [3.63, 3.8) is 0 Å². The lowest BCUT2D eigenvalue weighted by atomic mass is 10.0. The fourth-order valence-electron chi connectivity index (χ4n) is 4.66.